The number of carboxylic acids is 1. The fourth-order valence-electron chi connectivity index (χ4n) is 5.53. The van der Waals surface area contributed by atoms with Gasteiger partial charge in [-0.3, -0.25) is 4.79 Å². The van der Waals surface area contributed by atoms with E-state index in [4.69, 9.17) is 13.9 Å². The number of aliphatic carboxylic acids is 1. The fourth-order valence-corrected chi connectivity index (χ4v) is 5.53. The summed E-state index contributed by atoms with van der Waals surface area (Å²) in [5, 5.41) is 10.2. The molecule has 0 radical (unpaired) electrons. The molecule has 6 nitrogen and oxygen atoms in total. The van der Waals surface area contributed by atoms with Crippen molar-refractivity contribution in [3.63, 3.8) is 0 Å². The largest absolute Gasteiger partial charge is 0.493 e. The second-order valence-electron chi connectivity index (χ2n) is 9.68. The van der Waals surface area contributed by atoms with Crippen LogP contribution in [0.1, 0.15) is 53.4 Å². The van der Waals surface area contributed by atoms with Gasteiger partial charge in [-0.2, -0.15) is 0 Å². The van der Waals surface area contributed by atoms with E-state index in [1.54, 1.807) is 12.1 Å². The number of hydrogen-bond donors (Lipinski definition) is 1. The van der Waals surface area contributed by atoms with Gasteiger partial charge in [0.2, 0.25) is 0 Å². The number of carboxylic acid groups (broad SMARTS) is 1. The lowest BCUT2D eigenvalue weighted by Gasteiger charge is -2.50. The van der Waals surface area contributed by atoms with Gasteiger partial charge < -0.3 is 19.0 Å². The Morgan fingerprint density at radius 3 is 2.60 bits per heavy atom. The van der Waals surface area contributed by atoms with E-state index in [9.17, 15) is 14.7 Å². The Hall–Kier alpha value is -2.34. The van der Waals surface area contributed by atoms with Gasteiger partial charge in [0.05, 0.1) is 12.2 Å². The number of fused-ring (bicyclic) bond motifs is 1. The first-order valence-corrected chi connectivity index (χ1v) is 10.7. The summed E-state index contributed by atoms with van der Waals surface area (Å²) in [5.74, 6) is 0.297. The van der Waals surface area contributed by atoms with Crippen molar-refractivity contribution in [2.24, 2.45) is 17.3 Å². The van der Waals surface area contributed by atoms with Crippen molar-refractivity contribution in [2.75, 3.05) is 6.61 Å². The molecule has 6 heteroatoms. The second-order valence-corrected chi connectivity index (χ2v) is 9.68. The molecule has 1 aliphatic carbocycles. The van der Waals surface area contributed by atoms with Crippen LogP contribution in [0.15, 0.2) is 39.5 Å². The molecular formula is C24H30O6. The Morgan fingerprint density at radius 1 is 1.23 bits per heavy atom. The van der Waals surface area contributed by atoms with E-state index >= 15 is 0 Å². The SMILES string of the molecule is CC1CCC2(OC2(C)C)C(CCC(=O)O)C1(C)COc1ccc2ccc(=O)oc2c1. The highest BCUT2D eigenvalue weighted by Gasteiger charge is 2.72. The van der Waals surface area contributed by atoms with E-state index < -0.39 is 11.6 Å². The van der Waals surface area contributed by atoms with Crippen molar-refractivity contribution in [1.29, 1.82) is 0 Å². The molecule has 2 aliphatic rings. The third-order valence-corrected chi connectivity index (χ3v) is 7.64. The highest BCUT2D eigenvalue weighted by molar-refractivity contribution is 5.77. The first kappa shape index (κ1) is 20.9. The van der Waals surface area contributed by atoms with Crippen LogP contribution in [0.3, 0.4) is 0 Å². The van der Waals surface area contributed by atoms with Crippen LogP contribution in [0.2, 0.25) is 0 Å². The number of benzene rings is 1. The van der Waals surface area contributed by atoms with Crippen molar-refractivity contribution >= 4 is 16.9 Å². The molecule has 1 aliphatic heterocycles. The molecule has 4 unspecified atom stereocenters. The molecule has 2 aromatic rings. The predicted molar refractivity (Wildman–Crippen MR) is 113 cm³/mol. The lowest BCUT2D eigenvalue weighted by atomic mass is 9.54. The van der Waals surface area contributed by atoms with Crippen LogP contribution in [0.25, 0.3) is 11.0 Å². The average Bonchev–Trinajstić information content (AvgIpc) is 3.23. The van der Waals surface area contributed by atoms with Crippen LogP contribution in [0, 0.1) is 17.3 Å². The molecule has 2 heterocycles. The van der Waals surface area contributed by atoms with E-state index in [1.165, 1.54) is 6.07 Å². The lowest BCUT2D eigenvalue weighted by molar-refractivity contribution is -0.138. The van der Waals surface area contributed by atoms with Gasteiger partial charge in [-0.15, -0.1) is 0 Å². The summed E-state index contributed by atoms with van der Waals surface area (Å²) in [6.07, 6.45) is 2.65. The number of carbonyl (C=O) groups is 1. The van der Waals surface area contributed by atoms with Crippen LogP contribution in [0.4, 0.5) is 0 Å². The van der Waals surface area contributed by atoms with Gasteiger partial charge in [-0.1, -0.05) is 13.8 Å². The van der Waals surface area contributed by atoms with Crippen molar-refractivity contribution in [3.05, 3.63) is 40.8 Å². The van der Waals surface area contributed by atoms with Crippen LogP contribution in [-0.2, 0) is 9.53 Å². The molecule has 1 saturated heterocycles. The number of rotatable bonds is 6. The molecule has 1 aromatic heterocycles. The van der Waals surface area contributed by atoms with Crippen LogP contribution in [-0.4, -0.2) is 28.9 Å². The van der Waals surface area contributed by atoms with E-state index in [2.05, 4.69) is 27.7 Å². The molecule has 4 rings (SSSR count). The number of epoxide rings is 1. The minimum atomic E-state index is -0.783. The van der Waals surface area contributed by atoms with E-state index in [-0.39, 0.29) is 29.0 Å². The van der Waals surface area contributed by atoms with Crippen molar-refractivity contribution in [3.8, 4) is 5.75 Å². The van der Waals surface area contributed by atoms with Gasteiger partial charge in [0.1, 0.15) is 16.9 Å². The van der Waals surface area contributed by atoms with Crippen molar-refractivity contribution < 1.29 is 23.8 Å². The maximum atomic E-state index is 11.5. The molecule has 2 fully saturated rings. The minimum absolute atomic E-state index is 0.0817. The summed E-state index contributed by atoms with van der Waals surface area (Å²) < 4.78 is 17.8. The second kappa shape index (κ2) is 7.12. The zero-order chi connectivity index (χ0) is 21.7. The monoisotopic (exact) mass is 414 g/mol. The summed E-state index contributed by atoms with van der Waals surface area (Å²) >= 11 is 0. The van der Waals surface area contributed by atoms with Crippen LogP contribution < -0.4 is 10.4 Å². The summed E-state index contributed by atoms with van der Waals surface area (Å²) in [6, 6.07) is 8.62. The van der Waals surface area contributed by atoms with Crippen molar-refractivity contribution in [1.82, 2.24) is 0 Å². The number of hydrogen-bond acceptors (Lipinski definition) is 5. The Bertz CT molecular complexity index is 1020. The molecule has 30 heavy (non-hydrogen) atoms. The molecular weight excluding hydrogens is 384 g/mol. The standard InChI is InChI=1S/C24H30O6/c1-15-11-12-24(22(2,3)30-24)19(8-9-20(25)26)23(15,4)14-28-17-7-5-16-6-10-21(27)29-18(16)13-17/h5-7,10,13,15,19H,8-9,11-12,14H2,1-4H3,(H,25,26). The minimum Gasteiger partial charge on any atom is -0.493 e. The van der Waals surface area contributed by atoms with Crippen LogP contribution >= 0.6 is 0 Å². The quantitative estimate of drug-likeness (QED) is 0.547. The van der Waals surface area contributed by atoms with Gasteiger partial charge >= 0.3 is 11.6 Å². The Morgan fingerprint density at radius 2 is 1.93 bits per heavy atom. The summed E-state index contributed by atoms with van der Waals surface area (Å²) in [6.45, 7) is 9.07. The van der Waals surface area contributed by atoms with E-state index in [1.807, 2.05) is 12.1 Å². The normalized spacial score (nSPS) is 32.3. The Balaban J connectivity index is 1.60. The summed E-state index contributed by atoms with van der Waals surface area (Å²) in [5.41, 5.74) is -0.676. The molecule has 1 spiro atoms. The molecule has 4 atom stereocenters. The molecule has 162 valence electrons. The highest BCUT2D eigenvalue weighted by Crippen LogP contribution is 2.66. The third-order valence-electron chi connectivity index (χ3n) is 7.64. The molecule has 1 saturated carbocycles. The van der Waals surface area contributed by atoms with Crippen LogP contribution in [0.5, 0.6) is 5.75 Å². The van der Waals surface area contributed by atoms with Gasteiger partial charge in [0.15, 0.2) is 0 Å². The summed E-state index contributed by atoms with van der Waals surface area (Å²) in [7, 11) is 0. The maximum Gasteiger partial charge on any atom is 0.336 e. The zero-order valence-corrected chi connectivity index (χ0v) is 18.1. The maximum absolute atomic E-state index is 11.5. The first-order valence-electron chi connectivity index (χ1n) is 10.7. The average molecular weight is 414 g/mol. The van der Waals surface area contributed by atoms with Crippen molar-refractivity contribution in [2.45, 2.75) is 64.6 Å². The smallest absolute Gasteiger partial charge is 0.336 e. The molecule has 1 N–H and O–H groups in total. The molecule has 0 bridgehead atoms. The molecule has 1 aromatic carbocycles. The third kappa shape index (κ3) is 3.41. The van der Waals surface area contributed by atoms with Gasteiger partial charge in [0, 0.05) is 35.3 Å². The topological polar surface area (TPSA) is 89.3 Å². The Kier molecular flexibility index (Phi) is 4.96. The van der Waals surface area contributed by atoms with Gasteiger partial charge in [-0.05, 0) is 57.2 Å². The first-order chi connectivity index (χ1) is 14.1. The van der Waals surface area contributed by atoms with E-state index in [0.717, 1.165) is 18.2 Å². The lowest BCUT2D eigenvalue weighted by Crippen LogP contribution is -2.52. The van der Waals surface area contributed by atoms with Gasteiger partial charge in [-0.25, -0.2) is 4.79 Å². The zero-order valence-electron chi connectivity index (χ0n) is 18.1. The predicted octanol–water partition coefficient (Wildman–Crippen LogP) is 4.64. The fraction of sp³-hybridized carbons (Fsp3) is 0.583. The van der Waals surface area contributed by atoms with E-state index in [0.29, 0.717) is 30.3 Å². The van der Waals surface area contributed by atoms with Gasteiger partial charge in [0.25, 0.3) is 0 Å². The summed E-state index contributed by atoms with van der Waals surface area (Å²) in [4.78, 5) is 22.9. The molecule has 0 amide bonds. The Labute approximate surface area is 176 Å². The highest BCUT2D eigenvalue weighted by atomic mass is 16.6. The number of ether oxygens (including phenoxy) is 2.